The Balaban J connectivity index is 2.88. The van der Waals surface area contributed by atoms with Crippen molar-refractivity contribution in [3.8, 4) is 5.75 Å². The molecule has 48 valence electrons. The fraction of sp³-hybridized carbons (Fsp3) is 0. The molecule has 1 N–H and O–H groups in total. The van der Waals surface area contributed by atoms with Crippen molar-refractivity contribution < 1.29 is 5.11 Å². The first-order chi connectivity index (χ1) is 4.33. The van der Waals surface area contributed by atoms with Gasteiger partial charge in [0.1, 0.15) is 0 Å². The zero-order chi connectivity index (χ0) is 6.69. The number of halogens is 1. The van der Waals surface area contributed by atoms with Crippen LogP contribution in [0.1, 0.15) is 0 Å². The van der Waals surface area contributed by atoms with Gasteiger partial charge in [-0.1, -0.05) is 0 Å². The number of phenols is 1. The molecule has 0 fully saturated rings. The molecule has 0 aromatic heterocycles. The van der Waals surface area contributed by atoms with E-state index in [9.17, 15) is 0 Å². The molecule has 0 heterocycles. The Morgan fingerprint density at radius 1 is 1.22 bits per heavy atom. The third-order valence-electron chi connectivity index (χ3n) is 0.926. The fourth-order valence-electron chi connectivity index (χ4n) is 0.498. The van der Waals surface area contributed by atoms with Crippen LogP contribution in [-0.4, -0.2) is 24.9 Å². The third-order valence-corrected chi connectivity index (χ3v) is 3.41. The molecule has 1 aromatic carbocycles. The number of rotatable bonds is 1. The van der Waals surface area contributed by atoms with Gasteiger partial charge in [0.05, 0.1) is 0 Å². The van der Waals surface area contributed by atoms with E-state index in [-0.39, 0.29) is 0 Å². The predicted octanol–water partition coefficient (Wildman–Crippen LogP) is 0.875. The van der Waals surface area contributed by atoms with E-state index in [4.69, 9.17) is 14.1 Å². The molecule has 0 atom stereocenters. The molecule has 0 saturated carbocycles. The average molecular weight is 256 g/mol. The van der Waals surface area contributed by atoms with Gasteiger partial charge in [-0.15, -0.1) is 0 Å². The van der Waals surface area contributed by atoms with Gasteiger partial charge in [-0.3, -0.25) is 0 Å². The molecule has 0 spiro atoms. The number of hydrogen-bond acceptors (Lipinski definition) is 1. The van der Waals surface area contributed by atoms with Crippen molar-refractivity contribution in [2.45, 2.75) is 0 Å². The van der Waals surface area contributed by atoms with E-state index in [0.29, 0.717) is 5.75 Å². The summed E-state index contributed by atoms with van der Waals surface area (Å²) >= 11 is -0.496. The molecule has 0 unspecified atom stereocenters. The predicted molar refractivity (Wildman–Crippen MR) is 39.3 cm³/mol. The summed E-state index contributed by atoms with van der Waals surface area (Å²) in [6.07, 6.45) is 0. The molecular formula is C6H5ClOTe. The molecule has 0 bridgehead atoms. The van der Waals surface area contributed by atoms with E-state index >= 15 is 0 Å². The van der Waals surface area contributed by atoms with Crippen LogP contribution in [-0.2, 0) is 0 Å². The van der Waals surface area contributed by atoms with Crippen molar-refractivity contribution in [2.75, 3.05) is 0 Å². The van der Waals surface area contributed by atoms with E-state index in [1.54, 1.807) is 12.1 Å². The van der Waals surface area contributed by atoms with Crippen LogP contribution in [0.4, 0.5) is 0 Å². The molecule has 0 aliphatic rings. The SMILES string of the molecule is Oc1ccc([Te]Cl)cc1. The Labute approximate surface area is 67.5 Å². The summed E-state index contributed by atoms with van der Waals surface area (Å²) in [5.41, 5.74) is 0. The van der Waals surface area contributed by atoms with Crippen molar-refractivity contribution >= 4 is 32.4 Å². The van der Waals surface area contributed by atoms with E-state index in [0.717, 1.165) is 3.61 Å². The van der Waals surface area contributed by atoms with Gasteiger partial charge in [0, 0.05) is 0 Å². The van der Waals surface area contributed by atoms with Crippen molar-refractivity contribution in [3.63, 3.8) is 0 Å². The van der Waals surface area contributed by atoms with Crippen molar-refractivity contribution in [1.29, 1.82) is 0 Å². The van der Waals surface area contributed by atoms with E-state index < -0.39 is 19.8 Å². The van der Waals surface area contributed by atoms with E-state index in [1.165, 1.54) is 0 Å². The fourth-order valence-corrected chi connectivity index (χ4v) is 1.87. The Morgan fingerprint density at radius 2 is 1.78 bits per heavy atom. The minimum absolute atomic E-state index is 0.302. The van der Waals surface area contributed by atoms with Gasteiger partial charge in [0.2, 0.25) is 0 Å². The number of benzene rings is 1. The first-order valence-corrected chi connectivity index (χ1v) is 6.52. The van der Waals surface area contributed by atoms with Crippen LogP contribution in [0, 0.1) is 0 Å². The zero-order valence-electron chi connectivity index (χ0n) is 4.54. The van der Waals surface area contributed by atoms with Crippen molar-refractivity contribution in [2.24, 2.45) is 0 Å². The molecule has 1 nitrogen and oxygen atoms in total. The van der Waals surface area contributed by atoms with Gasteiger partial charge >= 0.3 is 67.5 Å². The monoisotopic (exact) mass is 258 g/mol. The van der Waals surface area contributed by atoms with Crippen molar-refractivity contribution in [1.82, 2.24) is 0 Å². The Bertz CT molecular complexity index is 185. The second-order valence-electron chi connectivity index (χ2n) is 1.57. The molecule has 9 heavy (non-hydrogen) atoms. The Hall–Kier alpha value is 0.0996. The van der Waals surface area contributed by atoms with Gasteiger partial charge < -0.3 is 0 Å². The van der Waals surface area contributed by atoms with E-state index in [1.807, 2.05) is 12.1 Å². The van der Waals surface area contributed by atoms with Crippen LogP contribution in [0.2, 0.25) is 0 Å². The molecule has 0 saturated heterocycles. The molecular weight excluding hydrogens is 251 g/mol. The van der Waals surface area contributed by atoms with Crippen LogP contribution in [0.15, 0.2) is 24.3 Å². The first-order valence-electron chi connectivity index (χ1n) is 2.40. The molecule has 0 radical (unpaired) electrons. The van der Waals surface area contributed by atoms with Crippen LogP contribution in [0.25, 0.3) is 0 Å². The van der Waals surface area contributed by atoms with Gasteiger partial charge in [0.25, 0.3) is 0 Å². The van der Waals surface area contributed by atoms with Crippen molar-refractivity contribution in [3.05, 3.63) is 24.3 Å². The molecule has 3 heteroatoms. The maximum absolute atomic E-state index is 8.82. The summed E-state index contributed by atoms with van der Waals surface area (Å²) in [6.45, 7) is 0. The third kappa shape index (κ3) is 2.06. The van der Waals surface area contributed by atoms with E-state index in [2.05, 4.69) is 0 Å². The normalized spacial score (nSPS) is 9.44. The summed E-state index contributed by atoms with van der Waals surface area (Å²) in [5.74, 6) is 0.302. The summed E-state index contributed by atoms with van der Waals surface area (Å²) in [4.78, 5) is 0. The van der Waals surface area contributed by atoms with Crippen LogP contribution in [0.5, 0.6) is 5.75 Å². The quantitative estimate of drug-likeness (QED) is 0.739. The minimum atomic E-state index is -0.496. The Morgan fingerprint density at radius 3 is 2.22 bits per heavy atom. The van der Waals surface area contributed by atoms with Gasteiger partial charge in [-0.25, -0.2) is 0 Å². The number of hydrogen-bond donors (Lipinski definition) is 1. The summed E-state index contributed by atoms with van der Waals surface area (Å²) in [6, 6.07) is 7.01. The average Bonchev–Trinajstić information content (AvgIpc) is 1.90. The van der Waals surface area contributed by atoms with Crippen LogP contribution in [0.3, 0.4) is 0 Å². The second-order valence-corrected chi connectivity index (χ2v) is 4.39. The zero-order valence-corrected chi connectivity index (χ0v) is 7.63. The number of phenolic OH excluding ortho intramolecular Hbond substituents is 1. The molecule has 0 amide bonds. The maximum atomic E-state index is 8.82. The molecule has 0 aliphatic carbocycles. The second kappa shape index (κ2) is 3.31. The molecule has 1 rings (SSSR count). The van der Waals surface area contributed by atoms with Gasteiger partial charge in [-0.05, 0) is 0 Å². The summed E-state index contributed by atoms with van der Waals surface area (Å²) in [5, 5.41) is 8.82. The van der Waals surface area contributed by atoms with Crippen LogP contribution >= 0.6 is 8.96 Å². The first kappa shape index (κ1) is 7.21. The molecule has 1 aromatic rings. The molecule has 0 aliphatic heterocycles. The number of aromatic hydroxyl groups is 1. The van der Waals surface area contributed by atoms with Gasteiger partial charge in [-0.2, -0.15) is 0 Å². The summed E-state index contributed by atoms with van der Waals surface area (Å²) in [7, 11) is 5.63. The Kier molecular flexibility index (Phi) is 2.65. The topological polar surface area (TPSA) is 20.2 Å². The van der Waals surface area contributed by atoms with Crippen LogP contribution < -0.4 is 3.61 Å². The standard InChI is InChI=1S/C6H5ClOTe/c7-9-6-3-1-5(8)2-4-6/h1-4,8H. The summed E-state index contributed by atoms with van der Waals surface area (Å²) < 4.78 is 1.15. The van der Waals surface area contributed by atoms with Gasteiger partial charge in [0.15, 0.2) is 0 Å².